The van der Waals surface area contributed by atoms with E-state index in [9.17, 15) is 21.6 Å². The summed E-state index contributed by atoms with van der Waals surface area (Å²) >= 11 is 0. The van der Waals surface area contributed by atoms with E-state index >= 15 is 0 Å². The van der Waals surface area contributed by atoms with Crippen molar-refractivity contribution < 1.29 is 21.6 Å². The van der Waals surface area contributed by atoms with Gasteiger partial charge in [0, 0.05) is 6.54 Å². The molecule has 84 valence electrons. The summed E-state index contributed by atoms with van der Waals surface area (Å²) in [5.74, 6) is -4.76. The summed E-state index contributed by atoms with van der Waals surface area (Å²) < 4.78 is 62.5. The van der Waals surface area contributed by atoms with Crippen molar-refractivity contribution in [2.45, 2.75) is 11.8 Å². The third-order valence-electron chi connectivity index (χ3n) is 1.60. The van der Waals surface area contributed by atoms with Gasteiger partial charge in [0.1, 0.15) is 0 Å². The summed E-state index contributed by atoms with van der Waals surface area (Å²) in [5.41, 5.74) is 0. The summed E-state index contributed by atoms with van der Waals surface area (Å²) in [4.78, 5) is -0.638. The average molecular weight is 239 g/mol. The van der Waals surface area contributed by atoms with E-state index < -0.39 is 32.4 Å². The Balaban J connectivity index is 3.29. The van der Waals surface area contributed by atoms with Gasteiger partial charge in [-0.15, -0.1) is 0 Å². The van der Waals surface area contributed by atoms with Crippen molar-refractivity contribution in [3.8, 4) is 0 Å². The van der Waals surface area contributed by atoms with Gasteiger partial charge in [-0.1, -0.05) is 6.92 Å². The van der Waals surface area contributed by atoms with E-state index in [2.05, 4.69) is 0 Å². The summed E-state index contributed by atoms with van der Waals surface area (Å²) in [6.45, 7) is 1.58. The molecule has 0 amide bonds. The molecule has 3 nitrogen and oxygen atoms in total. The maximum Gasteiger partial charge on any atom is 0.240 e. The van der Waals surface area contributed by atoms with Gasteiger partial charge in [0.15, 0.2) is 17.5 Å². The van der Waals surface area contributed by atoms with E-state index in [1.54, 1.807) is 0 Å². The lowest BCUT2D eigenvalue weighted by molar-refractivity contribution is 0.442. The molecule has 0 radical (unpaired) electrons. The van der Waals surface area contributed by atoms with Crippen LogP contribution < -0.4 is 4.72 Å². The monoisotopic (exact) mass is 239 g/mol. The van der Waals surface area contributed by atoms with Gasteiger partial charge in [-0.05, 0) is 12.1 Å². The molecule has 0 heterocycles. The minimum atomic E-state index is -3.97. The number of rotatable bonds is 3. The van der Waals surface area contributed by atoms with Gasteiger partial charge < -0.3 is 0 Å². The van der Waals surface area contributed by atoms with Gasteiger partial charge in [0.05, 0.1) is 4.90 Å². The molecule has 15 heavy (non-hydrogen) atoms. The van der Waals surface area contributed by atoms with E-state index in [0.717, 1.165) is 0 Å². The molecule has 0 saturated carbocycles. The van der Waals surface area contributed by atoms with Crippen LogP contribution in [0.4, 0.5) is 13.2 Å². The van der Waals surface area contributed by atoms with Gasteiger partial charge in [-0.3, -0.25) is 0 Å². The quantitative estimate of drug-likeness (QED) is 0.810. The summed E-state index contributed by atoms with van der Waals surface area (Å²) in [6.07, 6.45) is 0. The summed E-state index contributed by atoms with van der Waals surface area (Å²) in [6, 6.07) is 0.854. The number of halogens is 3. The number of hydrogen-bond donors (Lipinski definition) is 1. The molecule has 0 fully saturated rings. The fraction of sp³-hybridized carbons (Fsp3) is 0.250. The van der Waals surface area contributed by atoms with Crippen LogP contribution in [-0.2, 0) is 10.0 Å². The van der Waals surface area contributed by atoms with Gasteiger partial charge in [0.2, 0.25) is 10.0 Å². The minimum absolute atomic E-state index is 0.0724. The van der Waals surface area contributed by atoms with Crippen molar-refractivity contribution in [1.82, 2.24) is 4.72 Å². The van der Waals surface area contributed by atoms with Crippen LogP contribution in [0.2, 0.25) is 0 Å². The first kappa shape index (κ1) is 12.0. The first-order chi connectivity index (χ1) is 6.88. The highest BCUT2D eigenvalue weighted by molar-refractivity contribution is 7.89. The zero-order valence-corrected chi connectivity index (χ0v) is 8.54. The standard InChI is InChI=1S/C8H8F3NO2S/c1-2-12-15(13,14)5-3-6(9)8(11)7(10)4-5/h3-4,12H,2H2,1H3. The Labute approximate surface area is 85.0 Å². The zero-order chi connectivity index (χ0) is 11.6. The predicted octanol–water partition coefficient (Wildman–Crippen LogP) is 1.40. The van der Waals surface area contributed by atoms with E-state index in [-0.39, 0.29) is 6.54 Å². The van der Waals surface area contributed by atoms with Crippen LogP contribution in [0.3, 0.4) is 0 Å². The van der Waals surface area contributed by atoms with E-state index in [4.69, 9.17) is 0 Å². The fourth-order valence-electron chi connectivity index (χ4n) is 0.961. The third-order valence-corrected chi connectivity index (χ3v) is 3.13. The maximum atomic E-state index is 12.7. The summed E-state index contributed by atoms with van der Waals surface area (Å²) in [7, 11) is -3.97. The van der Waals surface area contributed by atoms with Crippen LogP contribution in [-0.4, -0.2) is 15.0 Å². The van der Waals surface area contributed by atoms with Crippen molar-refractivity contribution in [3.63, 3.8) is 0 Å². The lowest BCUT2D eigenvalue weighted by atomic mass is 10.3. The second kappa shape index (κ2) is 4.19. The van der Waals surface area contributed by atoms with Crippen molar-refractivity contribution in [1.29, 1.82) is 0 Å². The third kappa shape index (κ3) is 2.48. The van der Waals surface area contributed by atoms with Crippen LogP contribution in [0.15, 0.2) is 17.0 Å². The molecule has 1 aromatic carbocycles. The smallest absolute Gasteiger partial charge is 0.211 e. The maximum absolute atomic E-state index is 12.7. The average Bonchev–Trinajstić information content (AvgIpc) is 2.13. The lowest BCUT2D eigenvalue weighted by Gasteiger charge is -2.05. The van der Waals surface area contributed by atoms with Gasteiger partial charge in [-0.25, -0.2) is 26.3 Å². The second-order valence-corrected chi connectivity index (χ2v) is 4.47. The van der Waals surface area contributed by atoms with Gasteiger partial charge in [0.25, 0.3) is 0 Å². The Bertz CT molecular complexity index is 450. The fourth-order valence-corrected chi connectivity index (χ4v) is 2.02. The lowest BCUT2D eigenvalue weighted by Crippen LogP contribution is -2.23. The number of sulfonamides is 1. The topological polar surface area (TPSA) is 46.2 Å². The van der Waals surface area contributed by atoms with Crippen LogP contribution in [0.5, 0.6) is 0 Å². The number of nitrogens with one attached hydrogen (secondary N) is 1. The van der Waals surface area contributed by atoms with E-state index in [1.165, 1.54) is 6.92 Å². The number of hydrogen-bond acceptors (Lipinski definition) is 2. The second-order valence-electron chi connectivity index (χ2n) is 2.70. The molecule has 1 N–H and O–H groups in total. The summed E-state index contributed by atoms with van der Waals surface area (Å²) in [5, 5.41) is 0. The van der Waals surface area contributed by atoms with Gasteiger partial charge in [-0.2, -0.15) is 0 Å². The molecule has 1 aromatic rings. The largest absolute Gasteiger partial charge is 0.240 e. The molecule has 0 bridgehead atoms. The van der Waals surface area contributed by atoms with Crippen LogP contribution in [0.25, 0.3) is 0 Å². The van der Waals surface area contributed by atoms with Gasteiger partial charge >= 0.3 is 0 Å². The van der Waals surface area contributed by atoms with E-state index in [0.29, 0.717) is 12.1 Å². The first-order valence-corrected chi connectivity index (χ1v) is 5.51. The Morgan fingerprint density at radius 2 is 1.67 bits per heavy atom. The van der Waals surface area contributed by atoms with Crippen molar-refractivity contribution in [2.75, 3.05) is 6.54 Å². The highest BCUT2D eigenvalue weighted by Gasteiger charge is 2.18. The molecule has 0 aliphatic heterocycles. The molecular weight excluding hydrogens is 231 g/mol. The Hall–Kier alpha value is -1.08. The Kier molecular flexibility index (Phi) is 3.35. The van der Waals surface area contributed by atoms with Crippen molar-refractivity contribution in [2.24, 2.45) is 0 Å². The van der Waals surface area contributed by atoms with E-state index in [1.807, 2.05) is 4.72 Å². The van der Waals surface area contributed by atoms with Crippen molar-refractivity contribution in [3.05, 3.63) is 29.6 Å². The molecule has 0 aromatic heterocycles. The normalized spacial score (nSPS) is 11.7. The molecule has 0 saturated heterocycles. The number of benzene rings is 1. The highest BCUT2D eigenvalue weighted by Crippen LogP contribution is 2.17. The molecular formula is C8H8F3NO2S. The minimum Gasteiger partial charge on any atom is -0.211 e. The van der Waals surface area contributed by atoms with Crippen LogP contribution in [0, 0.1) is 17.5 Å². The molecule has 0 unspecified atom stereocenters. The SMILES string of the molecule is CCNS(=O)(=O)c1cc(F)c(F)c(F)c1. The highest BCUT2D eigenvalue weighted by atomic mass is 32.2. The molecule has 0 atom stereocenters. The molecule has 0 spiro atoms. The molecule has 7 heteroatoms. The molecule has 0 aliphatic rings. The predicted molar refractivity (Wildman–Crippen MR) is 47.2 cm³/mol. The molecule has 1 rings (SSSR count). The first-order valence-electron chi connectivity index (χ1n) is 4.02. The zero-order valence-electron chi connectivity index (χ0n) is 7.72. The van der Waals surface area contributed by atoms with Crippen LogP contribution in [0.1, 0.15) is 6.92 Å². The van der Waals surface area contributed by atoms with Crippen LogP contribution >= 0.6 is 0 Å². The Morgan fingerprint density at radius 1 is 1.20 bits per heavy atom. The Morgan fingerprint density at radius 3 is 2.07 bits per heavy atom. The molecule has 0 aliphatic carbocycles. The van der Waals surface area contributed by atoms with Crippen molar-refractivity contribution >= 4 is 10.0 Å².